The van der Waals surface area contributed by atoms with Crippen molar-refractivity contribution in [2.45, 2.75) is 12.5 Å². The van der Waals surface area contributed by atoms with Gasteiger partial charge in [0, 0.05) is 56.6 Å². The minimum atomic E-state index is -0.135. The maximum Gasteiger partial charge on any atom is 0.322 e. The fourth-order valence-electron chi connectivity index (χ4n) is 5.14. The molecule has 5 rings (SSSR count). The van der Waals surface area contributed by atoms with Crippen molar-refractivity contribution in [3.8, 4) is 5.75 Å². The second kappa shape index (κ2) is 11.6. The van der Waals surface area contributed by atoms with Crippen LogP contribution in [0.15, 0.2) is 66.7 Å². The Morgan fingerprint density at radius 1 is 0.946 bits per heavy atom. The molecule has 0 radical (unpaired) electrons. The summed E-state index contributed by atoms with van der Waals surface area (Å²) in [5.41, 5.74) is 1.47. The minimum Gasteiger partial charge on any atom is -0.497 e. The van der Waals surface area contributed by atoms with E-state index in [-0.39, 0.29) is 18.0 Å². The first-order valence-electron chi connectivity index (χ1n) is 12.9. The summed E-state index contributed by atoms with van der Waals surface area (Å²) in [5.74, 6) is 0.791. The highest BCUT2D eigenvalue weighted by molar-refractivity contribution is 6.07. The number of hydrogen-bond donors (Lipinski definition) is 1. The molecule has 0 aliphatic carbocycles. The largest absolute Gasteiger partial charge is 0.497 e. The number of hydrogen-bond acceptors (Lipinski definition) is 5. The van der Waals surface area contributed by atoms with Crippen LogP contribution in [0, 0.1) is 0 Å². The molecule has 3 aromatic rings. The summed E-state index contributed by atoms with van der Waals surface area (Å²) in [4.78, 5) is 32.4. The third-order valence-corrected chi connectivity index (χ3v) is 7.10. The van der Waals surface area contributed by atoms with Crippen molar-refractivity contribution in [3.63, 3.8) is 0 Å². The van der Waals surface area contributed by atoms with E-state index < -0.39 is 0 Å². The zero-order valence-corrected chi connectivity index (χ0v) is 21.3. The van der Waals surface area contributed by atoms with Gasteiger partial charge in [0.15, 0.2) is 0 Å². The molecule has 37 heavy (non-hydrogen) atoms. The highest BCUT2D eigenvalue weighted by Crippen LogP contribution is 2.21. The van der Waals surface area contributed by atoms with Crippen molar-refractivity contribution in [1.82, 2.24) is 14.7 Å². The Balaban J connectivity index is 1.15. The summed E-state index contributed by atoms with van der Waals surface area (Å²) in [5, 5.41) is 5.04. The van der Waals surface area contributed by atoms with Crippen LogP contribution in [-0.2, 0) is 4.74 Å². The van der Waals surface area contributed by atoms with E-state index in [2.05, 4.69) is 10.2 Å². The first kappa shape index (κ1) is 25.0. The lowest BCUT2D eigenvalue weighted by molar-refractivity contribution is -0.0283. The number of anilines is 1. The van der Waals surface area contributed by atoms with Gasteiger partial charge in [0.05, 0.1) is 19.8 Å². The van der Waals surface area contributed by atoms with Gasteiger partial charge in [-0.25, -0.2) is 4.79 Å². The van der Waals surface area contributed by atoms with Gasteiger partial charge in [-0.05, 0) is 41.9 Å². The van der Waals surface area contributed by atoms with Gasteiger partial charge in [0.1, 0.15) is 5.75 Å². The van der Waals surface area contributed by atoms with E-state index in [1.807, 2.05) is 70.5 Å². The predicted molar refractivity (Wildman–Crippen MR) is 144 cm³/mol. The molecule has 2 aliphatic rings. The average Bonchev–Trinajstić information content (AvgIpc) is 3.18. The number of rotatable bonds is 5. The Morgan fingerprint density at radius 3 is 2.68 bits per heavy atom. The van der Waals surface area contributed by atoms with Crippen LogP contribution in [0.3, 0.4) is 0 Å². The zero-order valence-electron chi connectivity index (χ0n) is 21.3. The monoisotopic (exact) mass is 502 g/mol. The maximum absolute atomic E-state index is 13.4. The lowest BCUT2D eigenvalue weighted by atomic mass is 10.0. The molecule has 0 saturated carbocycles. The van der Waals surface area contributed by atoms with Crippen molar-refractivity contribution >= 4 is 28.4 Å². The molecule has 3 amide bonds. The van der Waals surface area contributed by atoms with E-state index >= 15 is 0 Å². The summed E-state index contributed by atoms with van der Waals surface area (Å²) < 4.78 is 11.3. The lowest BCUT2D eigenvalue weighted by Crippen LogP contribution is -2.51. The minimum absolute atomic E-state index is 0.0647. The fraction of sp³-hybridized carbons (Fsp3) is 0.379. The van der Waals surface area contributed by atoms with Crippen LogP contribution < -0.4 is 10.1 Å². The molecule has 0 bridgehead atoms. The first-order valence-corrected chi connectivity index (χ1v) is 12.9. The van der Waals surface area contributed by atoms with Crippen molar-refractivity contribution < 1.29 is 19.1 Å². The Bertz CT molecular complexity index is 1240. The number of urea groups is 1. The molecule has 1 N–H and O–H groups in total. The lowest BCUT2D eigenvalue weighted by Gasteiger charge is -2.35. The van der Waals surface area contributed by atoms with Crippen LogP contribution in [-0.4, -0.2) is 92.3 Å². The number of amides is 3. The SMILES string of the molecule is COc1cccc(NC(=O)N2CCOC(CN3CCCN(C(=O)c4cccc5ccccc45)CC3)C2)c1. The third-order valence-electron chi connectivity index (χ3n) is 7.10. The van der Waals surface area contributed by atoms with Crippen molar-refractivity contribution in [3.05, 3.63) is 72.3 Å². The van der Waals surface area contributed by atoms with Crippen LogP contribution in [0.1, 0.15) is 16.8 Å². The van der Waals surface area contributed by atoms with Crippen LogP contribution >= 0.6 is 0 Å². The maximum atomic E-state index is 13.4. The topological polar surface area (TPSA) is 74.3 Å². The zero-order chi connectivity index (χ0) is 25.6. The highest BCUT2D eigenvalue weighted by Gasteiger charge is 2.28. The van der Waals surface area contributed by atoms with E-state index in [4.69, 9.17) is 9.47 Å². The van der Waals surface area contributed by atoms with Crippen LogP contribution in [0.2, 0.25) is 0 Å². The molecule has 194 valence electrons. The molecule has 3 aromatic carbocycles. The standard InChI is InChI=1S/C29H34N4O4/c1-36-24-10-5-9-23(19-24)30-29(35)33-17-18-37-25(21-33)20-31-13-6-14-32(16-15-31)28(34)27-12-4-8-22-7-2-3-11-26(22)27/h2-5,7-12,19,25H,6,13-18,20-21H2,1H3,(H,30,35). The van der Waals surface area contributed by atoms with E-state index in [1.165, 1.54) is 0 Å². The summed E-state index contributed by atoms with van der Waals surface area (Å²) in [7, 11) is 1.61. The van der Waals surface area contributed by atoms with Gasteiger partial charge in [-0.3, -0.25) is 9.69 Å². The van der Waals surface area contributed by atoms with Crippen LogP contribution in [0.5, 0.6) is 5.75 Å². The number of carbonyl (C=O) groups excluding carboxylic acids is 2. The summed E-state index contributed by atoms with van der Waals surface area (Å²) in [6.07, 6.45) is 0.841. The molecule has 1 atom stereocenters. The first-order chi connectivity index (χ1) is 18.1. The Labute approximate surface area is 217 Å². The van der Waals surface area contributed by atoms with E-state index in [0.717, 1.165) is 48.9 Å². The summed E-state index contributed by atoms with van der Waals surface area (Å²) >= 11 is 0. The van der Waals surface area contributed by atoms with Crippen molar-refractivity contribution in [1.29, 1.82) is 0 Å². The third kappa shape index (κ3) is 6.03. The summed E-state index contributed by atoms with van der Waals surface area (Å²) in [6.45, 7) is 5.43. The number of morpholine rings is 1. The average molecular weight is 503 g/mol. The van der Waals surface area contributed by atoms with Gasteiger partial charge < -0.3 is 24.6 Å². The number of benzene rings is 3. The Morgan fingerprint density at radius 2 is 1.78 bits per heavy atom. The van der Waals surface area contributed by atoms with Crippen molar-refractivity contribution in [2.24, 2.45) is 0 Å². The van der Waals surface area contributed by atoms with Gasteiger partial charge in [0.25, 0.3) is 5.91 Å². The van der Waals surface area contributed by atoms with E-state index in [9.17, 15) is 9.59 Å². The fourth-order valence-corrected chi connectivity index (χ4v) is 5.14. The van der Waals surface area contributed by atoms with Crippen LogP contribution in [0.4, 0.5) is 10.5 Å². The molecular formula is C29H34N4O4. The van der Waals surface area contributed by atoms with Crippen molar-refractivity contribution in [2.75, 3.05) is 64.8 Å². The predicted octanol–water partition coefficient (Wildman–Crippen LogP) is 3.93. The quantitative estimate of drug-likeness (QED) is 0.572. The number of nitrogens with one attached hydrogen (secondary N) is 1. The van der Waals surface area contributed by atoms with Crippen LogP contribution in [0.25, 0.3) is 10.8 Å². The second-order valence-electron chi connectivity index (χ2n) is 9.57. The second-order valence-corrected chi connectivity index (χ2v) is 9.57. The van der Waals surface area contributed by atoms with E-state index in [1.54, 1.807) is 13.2 Å². The molecule has 2 fully saturated rings. The molecule has 8 nitrogen and oxygen atoms in total. The summed E-state index contributed by atoms with van der Waals surface area (Å²) in [6, 6.07) is 21.2. The number of ether oxygens (including phenoxy) is 2. The molecule has 0 aromatic heterocycles. The molecule has 8 heteroatoms. The Kier molecular flexibility index (Phi) is 7.87. The molecule has 2 saturated heterocycles. The van der Waals surface area contributed by atoms with Gasteiger partial charge in [-0.1, -0.05) is 42.5 Å². The Hall–Kier alpha value is -3.62. The number of nitrogens with zero attached hydrogens (tertiary/aromatic N) is 3. The van der Waals surface area contributed by atoms with Gasteiger partial charge in [-0.15, -0.1) is 0 Å². The molecule has 0 spiro atoms. The van der Waals surface area contributed by atoms with Gasteiger partial charge in [-0.2, -0.15) is 0 Å². The smallest absolute Gasteiger partial charge is 0.322 e. The number of methoxy groups -OCH3 is 1. The number of fused-ring (bicyclic) bond motifs is 1. The highest BCUT2D eigenvalue weighted by atomic mass is 16.5. The molecule has 2 aliphatic heterocycles. The molecule has 2 heterocycles. The normalized spacial score (nSPS) is 18.9. The number of carbonyl (C=O) groups is 2. The van der Waals surface area contributed by atoms with Gasteiger partial charge >= 0.3 is 6.03 Å². The van der Waals surface area contributed by atoms with E-state index in [0.29, 0.717) is 37.7 Å². The van der Waals surface area contributed by atoms with Gasteiger partial charge in [0.2, 0.25) is 0 Å². The molecule has 1 unspecified atom stereocenters. The molecular weight excluding hydrogens is 468 g/mol.